The van der Waals surface area contributed by atoms with Gasteiger partial charge in [-0.15, -0.1) is 0 Å². The van der Waals surface area contributed by atoms with E-state index in [2.05, 4.69) is 9.39 Å². The van der Waals surface area contributed by atoms with Gasteiger partial charge in [0.1, 0.15) is 5.84 Å². The van der Waals surface area contributed by atoms with E-state index in [9.17, 15) is 9.59 Å². The van der Waals surface area contributed by atoms with Gasteiger partial charge in [0.05, 0.1) is 49.4 Å². The van der Waals surface area contributed by atoms with Crippen molar-refractivity contribution in [3.8, 4) is 23.0 Å². The number of hydrogen-bond acceptors (Lipinski definition) is 10. The zero-order chi connectivity index (χ0) is 26.0. The highest BCUT2D eigenvalue weighted by atomic mass is 35.5. The Morgan fingerprint density at radius 3 is 2.50 bits per heavy atom. The number of amides is 1. The number of carbonyl (C=O) groups excluding carboxylic acids is 2. The molecular formula is C23H19ClN4O6S2. The van der Waals surface area contributed by atoms with Gasteiger partial charge >= 0.3 is 5.97 Å². The third-order valence-electron chi connectivity index (χ3n) is 5.05. The van der Waals surface area contributed by atoms with E-state index in [1.54, 1.807) is 6.07 Å². The minimum atomic E-state index is -0.691. The normalized spacial score (nSPS) is 15.9. The number of methoxy groups -OCH3 is 3. The molecule has 0 spiro atoms. The molecule has 0 aromatic heterocycles. The Balaban J connectivity index is 1.64. The van der Waals surface area contributed by atoms with Crippen LogP contribution in [0.15, 0.2) is 45.3 Å². The van der Waals surface area contributed by atoms with Crippen molar-refractivity contribution in [1.29, 1.82) is 5.41 Å². The quantitative estimate of drug-likeness (QED) is 0.241. The molecule has 36 heavy (non-hydrogen) atoms. The lowest BCUT2D eigenvalue weighted by molar-refractivity contribution is -0.114. The summed E-state index contributed by atoms with van der Waals surface area (Å²) in [6.45, 7) is 0. The molecular weight excluding hydrogens is 528 g/mol. The summed E-state index contributed by atoms with van der Waals surface area (Å²) in [6.07, 6.45) is 3.29. The number of aliphatic imine (C=N–C) groups is 1. The highest BCUT2D eigenvalue weighted by Crippen LogP contribution is 2.39. The maximum absolute atomic E-state index is 12.8. The fourth-order valence-electron chi connectivity index (χ4n) is 3.34. The number of benzene rings is 2. The Kier molecular flexibility index (Phi) is 7.57. The summed E-state index contributed by atoms with van der Waals surface area (Å²) in [5, 5.41) is 9.48. The molecule has 0 radical (unpaired) electrons. The zero-order valence-electron chi connectivity index (χ0n) is 19.4. The first-order chi connectivity index (χ1) is 17.3. The summed E-state index contributed by atoms with van der Waals surface area (Å²) in [5.74, 6) is -0.334. The van der Waals surface area contributed by atoms with Crippen LogP contribution in [-0.2, 0) is 4.79 Å². The van der Waals surface area contributed by atoms with Crippen molar-refractivity contribution in [2.75, 3.05) is 27.6 Å². The molecule has 0 aliphatic carbocycles. The molecule has 186 valence electrons. The summed E-state index contributed by atoms with van der Waals surface area (Å²) < 4.78 is 25.6. The fourth-order valence-corrected chi connectivity index (χ4v) is 5.05. The number of amidine groups is 3. The van der Waals surface area contributed by atoms with Crippen molar-refractivity contribution >= 4 is 69.4 Å². The number of carbonyl (C=O) groups is 2. The first-order valence-corrected chi connectivity index (χ1v) is 12.5. The monoisotopic (exact) mass is 546 g/mol. The molecule has 0 bridgehead atoms. The lowest BCUT2D eigenvalue weighted by Gasteiger charge is -2.23. The lowest BCUT2D eigenvalue weighted by atomic mass is 10.1. The predicted octanol–water partition coefficient (Wildman–Crippen LogP) is 4.52. The number of ether oxygens (including phenoxy) is 4. The second-order valence-electron chi connectivity index (χ2n) is 7.10. The molecule has 2 heterocycles. The zero-order valence-corrected chi connectivity index (χ0v) is 21.8. The average Bonchev–Trinajstić information content (AvgIpc) is 3.30. The summed E-state index contributed by atoms with van der Waals surface area (Å²) in [7, 11) is 4.34. The third kappa shape index (κ3) is 4.79. The van der Waals surface area contributed by atoms with Crippen molar-refractivity contribution in [2.24, 2.45) is 9.39 Å². The summed E-state index contributed by atoms with van der Waals surface area (Å²) in [5.41, 5.74) is 0.710. The van der Waals surface area contributed by atoms with Gasteiger partial charge in [-0.25, -0.2) is 9.69 Å². The third-order valence-corrected chi connectivity index (χ3v) is 6.79. The molecule has 2 aliphatic rings. The Morgan fingerprint density at radius 1 is 1.11 bits per heavy atom. The van der Waals surface area contributed by atoms with Crippen molar-refractivity contribution in [2.45, 2.75) is 0 Å². The first kappa shape index (κ1) is 25.6. The van der Waals surface area contributed by atoms with Crippen LogP contribution < -0.4 is 18.9 Å². The number of rotatable bonds is 6. The molecule has 2 aromatic rings. The van der Waals surface area contributed by atoms with Gasteiger partial charge < -0.3 is 18.9 Å². The molecule has 0 unspecified atom stereocenters. The standard InChI is InChI=1S/C23H19ClN4O6S2/c1-31-15-6-5-12(10-16(15)32-2)21(30)34-18-14(24)8-11(9-17(18)33-3)7-13-19(25)28-22(26-20(13)29)36-27-23(28)35-4/h5-10,25H,1-4H3/b13-7-,25-19?. The van der Waals surface area contributed by atoms with Crippen LogP contribution in [0, 0.1) is 5.41 Å². The molecule has 2 aromatic carbocycles. The highest BCUT2D eigenvalue weighted by Gasteiger charge is 2.37. The SMILES string of the molecule is COc1ccc(C(=O)Oc2c(Cl)cc(/C=C3/C(=N)N4C(SC)=NSC4=NC3=O)cc2OC)cc1OC. The Labute approximate surface area is 219 Å². The maximum Gasteiger partial charge on any atom is 0.343 e. The van der Waals surface area contributed by atoms with E-state index >= 15 is 0 Å². The smallest absolute Gasteiger partial charge is 0.343 e. The van der Waals surface area contributed by atoms with Gasteiger partial charge in [0.15, 0.2) is 28.2 Å². The van der Waals surface area contributed by atoms with Gasteiger partial charge in [0, 0.05) is 0 Å². The van der Waals surface area contributed by atoms with Gasteiger partial charge in [-0.2, -0.15) is 9.39 Å². The second kappa shape index (κ2) is 10.6. The predicted molar refractivity (Wildman–Crippen MR) is 141 cm³/mol. The number of thioether (sulfide) groups is 1. The fraction of sp³-hybridized carbons (Fsp3) is 0.174. The molecule has 10 nitrogen and oxygen atoms in total. The molecule has 0 saturated carbocycles. The van der Waals surface area contributed by atoms with E-state index in [1.165, 1.54) is 68.3 Å². The minimum absolute atomic E-state index is 0.000739. The average molecular weight is 547 g/mol. The Morgan fingerprint density at radius 2 is 1.83 bits per heavy atom. The largest absolute Gasteiger partial charge is 0.493 e. The number of nitrogens with zero attached hydrogens (tertiary/aromatic N) is 3. The van der Waals surface area contributed by atoms with Crippen LogP contribution in [0.25, 0.3) is 6.08 Å². The Bertz CT molecular complexity index is 1370. The van der Waals surface area contributed by atoms with Crippen molar-refractivity contribution < 1.29 is 28.5 Å². The first-order valence-electron chi connectivity index (χ1n) is 10.2. The van der Waals surface area contributed by atoms with Crippen LogP contribution in [-0.4, -0.2) is 60.5 Å². The number of halogens is 1. The van der Waals surface area contributed by atoms with Crippen LogP contribution in [0.2, 0.25) is 5.02 Å². The van der Waals surface area contributed by atoms with Crippen molar-refractivity contribution in [3.05, 3.63) is 52.1 Å². The summed E-state index contributed by atoms with van der Waals surface area (Å²) >= 11 is 8.83. The van der Waals surface area contributed by atoms with Gasteiger partial charge in [-0.3, -0.25) is 10.2 Å². The van der Waals surface area contributed by atoms with Gasteiger partial charge in [0.25, 0.3) is 5.91 Å². The molecule has 4 rings (SSSR count). The van der Waals surface area contributed by atoms with E-state index < -0.39 is 11.9 Å². The molecule has 13 heteroatoms. The molecule has 0 saturated heterocycles. The number of hydrogen-bond donors (Lipinski definition) is 1. The van der Waals surface area contributed by atoms with E-state index in [0.717, 1.165) is 11.9 Å². The van der Waals surface area contributed by atoms with Crippen molar-refractivity contribution in [3.63, 3.8) is 0 Å². The molecule has 2 aliphatic heterocycles. The molecule has 0 fully saturated rings. The van der Waals surface area contributed by atoms with E-state index in [4.69, 9.17) is 36.0 Å². The molecule has 1 amide bonds. The lowest BCUT2D eigenvalue weighted by Crippen LogP contribution is -2.41. The van der Waals surface area contributed by atoms with E-state index in [0.29, 0.717) is 27.4 Å². The minimum Gasteiger partial charge on any atom is -0.493 e. The second-order valence-corrected chi connectivity index (χ2v) is 9.02. The van der Waals surface area contributed by atoms with Crippen molar-refractivity contribution in [1.82, 2.24) is 4.90 Å². The van der Waals surface area contributed by atoms with Gasteiger partial charge in [-0.05, 0) is 48.2 Å². The summed E-state index contributed by atoms with van der Waals surface area (Å²) in [6, 6.07) is 7.63. The van der Waals surface area contributed by atoms with Gasteiger partial charge in [-0.1, -0.05) is 23.4 Å². The maximum atomic E-state index is 12.8. The molecule has 0 atom stereocenters. The van der Waals surface area contributed by atoms with Gasteiger partial charge in [0.2, 0.25) is 5.17 Å². The van der Waals surface area contributed by atoms with Crippen LogP contribution in [0.3, 0.4) is 0 Å². The highest BCUT2D eigenvalue weighted by molar-refractivity contribution is 8.18. The van der Waals surface area contributed by atoms with Crippen LogP contribution >= 0.6 is 35.3 Å². The Hall–Kier alpha value is -3.48. The van der Waals surface area contributed by atoms with E-state index in [-0.39, 0.29) is 33.5 Å². The van der Waals surface area contributed by atoms with E-state index in [1.807, 2.05) is 6.26 Å². The van der Waals surface area contributed by atoms with Crippen LogP contribution in [0.1, 0.15) is 15.9 Å². The van der Waals surface area contributed by atoms with Crippen LogP contribution in [0.5, 0.6) is 23.0 Å². The van der Waals surface area contributed by atoms with Crippen LogP contribution in [0.4, 0.5) is 0 Å². The topological polar surface area (TPSA) is 123 Å². The molecule has 1 N–H and O–H groups in total. The number of fused-ring (bicyclic) bond motifs is 1. The number of nitrogens with one attached hydrogen (secondary N) is 1. The summed E-state index contributed by atoms with van der Waals surface area (Å²) in [4.78, 5) is 30.9. The number of esters is 1.